The third kappa shape index (κ3) is 5.61. The molecule has 2 atom stereocenters. The molecule has 0 saturated carbocycles. The molecule has 3 aromatic rings. The zero-order chi connectivity index (χ0) is 25.2. The van der Waals surface area contributed by atoms with Gasteiger partial charge in [0.2, 0.25) is 21.8 Å². The van der Waals surface area contributed by atoms with Gasteiger partial charge in [-0.3, -0.25) is 9.59 Å². The fourth-order valence-electron chi connectivity index (χ4n) is 4.50. The Labute approximate surface area is 206 Å². The number of hydrogen-bond acceptors (Lipinski definition) is 4. The van der Waals surface area contributed by atoms with E-state index in [9.17, 15) is 18.0 Å². The number of carbonyl (C=O) groups excluding carboxylic acids is 2. The molecule has 0 unspecified atom stereocenters. The van der Waals surface area contributed by atoms with Gasteiger partial charge in [-0.2, -0.15) is 4.72 Å². The van der Waals surface area contributed by atoms with Gasteiger partial charge < -0.3 is 10.2 Å². The van der Waals surface area contributed by atoms with E-state index in [2.05, 4.69) is 10.0 Å². The molecule has 0 aromatic heterocycles. The first-order chi connectivity index (χ1) is 16.6. The SMILES string of the molecule is CC(=O)N1c2ccc(S(=O)(=O)N[C@H](Cc3ccccc3)C(=O)Nc3cccc(C)c3)cc2C[C@H]1C. The smallest absolute Gasteiger partial charge is 0.242 e. The molecular weight excluding hydrogens is 462 g/mol. The summed E-state index contributed by atoms with van der Waals surface area (Å²) >= 11 is 0. The summed E-state index contributed by atoms with van der Waals surface area (Å²) in [7, 11) is -4.02. The summed E-state index contributed by atoms with van der Waals surface area (Å²) in [6, 6.07) is 20.3. The van der Waals surface area contributed by atoms with Crippen LogP contribution in [0.2, 0.25) is 0 Å². The predicted molar refractivity (Wildman–Crippen MR) is 137 cm³/mol. The zero-order valence-electron chi connectivity index (χ0n) is 20.0. The monoisotopic (exact) mass is 491 g/mol. The van der Waals surface area contributed by atoms with Gasteiger partial charge in [-0.15, -0.1) is 0 Å². The van der Waals surface area contributed by atoms with Gasteiger partial charge >= 0.3 is 0 Å². The predicted octanol–water partition coefficient (Wildman–Crippen LogP) is 3.82. The van der Waals surface area contributed by atoms with E-state index in [1.165, 1.54) is 13.0 Å². The number of rotatable bonds is 7. The molecule has 1 aliphatic heterocycles. The lowest BCUT2D eigenvalue weighted by atomic mass is 10.1. The van der Waals surface area contributed by atoms with Crippen LogP contribution in [0.4, 0.5) is 11.4 Å². The third-order valence-corrected chi connectivity index (χ3v) is 7.57. The van der Waals surface area contributed by atoms with Crippen LogP contribution >= 0.6 is 0 Å². The molecule has 1 heterocycles. The first-order valence-electron chi connectivity index (χ1n) is 11.5. The van der Waals surface area contributed by atoms with Crippen molar-refractivity contribution in [3.63, 3.8) is 0 Å². The Morgan fingerprint density at radius 1 is 1.03 bits per heavy atom. The highest BCUT2D eigenvalue weighted by Gasteiger charge is 2.32. The van der Waals surface area contributed by atoms with Crippen molar-refractivity contribution >= 4 is 33.2 Å². The Hall–Kier alpha value is -3.49. The van der Waals surface area contributed by atoms with Crippen molar-refractivity contribution in [3.05, 3.63) is 89.5 Å². The average molecular weight is 492 g/mol. The van der Waals surface area contributed by atoms with E-state index in [-0.39, 0.29) is 23.3 Å². The number of aryl methyl sites for hydroxylation is 1. The third-order valence-electron chi connectivity index (χ3n) is 6.10. The molecule has 0 fully saturated rings. The maximum atomic E-state index is 13.4. The number of nitrogens with zero attached hydrogens (tertiary/aromatic N) is 1. The Morgan fingerprint density at radius 3 is 2.46 bits per heavy atom. The molecule has 4 rings (SSSR count). The largest absolute Gasteiger partial charge is 0.325 e. The van der Waals surface area contributed by atoms with Crippen LogP contribution in [0.3, 0.4) is 0 Å². The lowest BCUT2D eigenvalue weighted by Gasteiger charge is -2.21. The van der Waals surface area contributed by atoms with Crippen molar-refractivity contribution in [2.45, 2.75) is 50.6 Å². The van der Waals surface area contributed by atoms with Gasteiger partial charge in [-0.25, -0.2) is 8.42 Å². The van der Waals surface area contributed by atoms with Crippen LogP contribution in [0.25, 0.3) is 0 Å². The second-order valence-corrected chi connectivity index (χ2v) is 10.7. The molecule has 35 heavy (non-hydrogen) atoms. The molecule has 0 bridgehead atoms. The normalized spacial score (nSPS) is 16.0. The number of anilines is 2. The fraction of sp³-hybridized carbons (Fsp3) is 0.259. The minimum absolute atomic E-state index is 0.0423. The maximum Gasteiger partial charge on any atom is 0.242 e. The van der Waals surface area contributed by atoms with Crippen LogP contribution in [-0.4, -0.2) is 32.3 Å². The summed E-state index contributed by atoms with van der Waals surface area (Å²) < 4.78 is 29.3. The molecular formula is C27H29N3O4S. The van der Waals surface area contributed by atoms with Gasteiger partial charge in [0.25, 0.3) is 0 Å². The topological polar surface area (TPSA) is 95.6 Å². The highest BCUT2D eigenvalue weighted by atomic mass is 32.2. The number of nitrogens with one attached hydrogen (secondary N) is 2. The fourth-order valence-corrected chi connectivity index (χ4v) is 5.75. The number of sulfonamides is 1. The number of benzene rings is 3. The van der Waals surface area contributed by atoms with Gasteiger partial charge in [0.1, 0.15) is 6.04 Å². The Balaban J connectivity index is 1.61. The molecule has 3 aromatic carbocycles. The molecule has 7 nitrogen and oxygen atoms in total. The molecule has 0 aliphatic carbocycles. The van der Waals surface area contributed by atoms with E-state index in [0.717, 1.165) is 22.4 Å². The van der Waals surface area contributed by atoms with Crippen molar-refractivity contribution in [2.24, 2.45) is 0 Å². The van der Waals surface area contributed by atoms with E-state index >= 15 is 0 Å². The van der Waals surface area contributed by atoms with E-state index < -0.39 is 22.0 Å². The zero-order valence-corrected chi connectivity index (χ0v) is 20.8. The van der Waals surface area contributed by atoms with Gasteiger partial charge in [0.05, 0.1) is 4.90 Å². The number of fused-ring (bicyclic) bond motifs is 1. The van der Waals surface area contributed by atoms with Crippen molar-refractivity contribution in [2.75, 3.05) is 10.2 Å². The summed E-state index contributed by atoms with van der Waals surface area (Å²) in [5, 5.41) is 2.83. The number of carbonyl (C=O) groups is 2. The molecule has 2 amide bonds. The van der Waals surface area contributed by atoms with Crippen molar-refractivity contribution in [1.29, 1.82) is 0 Å². The Bertz CT molecular complexity index is 1360. The van der Waals surface area contributed by atoms with Crippen molar-refractivity contribution in [3.8, 4) is 0 Å². The van der Waals surface area contributed by atoms with E-state index in [0.29, 0.717) is 12.1 Å². The van der Waals surface area contributed by atoms with Gasteiger partial charge in [-0.05, 0) is 73.7 Å². The van der Waals surface area contributed by atoms with Crippen LogP contribution in [0.1, 0.15) is 30.5 Å². The summed E-state index contributed by atoms with van der Waals surface area (Å²) in [6.45, 7) is 5.35. The molecule has 1 aliphatic rings. The number of hydrogen-bond donors (Lipinski definition) is 2. The molecule has 0 radical (unpaired) electrons. The summed E-state index contributed by atoms with van der Waals surface area (Å²) in [4.78, 5) is 27.0. The standard InChI is InChI=1S/C27H29N3O4S/c1-18-8-7-11-23(14-18)28-27(32)25(16-21-9-5-4-6-10-21)29-35(33,34)24-12-13-26-22(17-24)15-19(2)30(26)20(3)31/h4-14,17,19,25,29H,15-16H2,1-3H3,(H,28,32)/t19-,25-/m1/s1. The summed E-state index contributed by atoms with van der Waals surface area (Å²) in [5.74, 6) is -0.527. The lowest BCUT2D eigenvalue weighted by molar-refractivity contribution is -0.118. The highest BCUT2D eigenvalue weighted by Crippen LogP contribution is 2.34. The highest BCUT2D eigenvalue weighted by molar-refractivity contribution is 7.89. The molecule has 0 spiro atoms. The summed E-state index contributed by atoms with van der Waals surface area (Å²) in [5.41, 5.74) is 3.93. The quantitative estimate of drug-likeness (QED) is 0.525. The van der Waals surface area contributed by atoms with E-state index in [1.807, 2.05) is 62.4 Å². The van der Waals surface area contributed by atoms with Crippen molar-refractivity contribution < 1.29 is 18.0 Å². The van der Waals surface area contributed by atoms with Gasteiger partial charge in [-0.1, -0.05) is 42.5 Å². The molecule has 182 valence electrons. The van der Waals surface area contributed by atoms with Crippen LogP contribution < -0.4 is 14.9 Å². The minimum Gasteiger partial charge on any atom is -0.325 e. The van der Waals surface area contributed by atoms with E-state index in [4.69, 9.17) is 0 Å². The number of amides is 2. The van der Waals surface area contributed by atoms with Gasteiger partial charge in [0.15, 0.2) is 0 Å². The summed E-state index contributed by atoms with van der Waals surface area (Å²) in [6.07, 6.45) is 0.761. The Morgan fingerprint density at radius 2 is 1.77 bits per heavy atom. The first kappa shape index (κ1) is 24.6. The second kappa shape index (κ2) is 10.0. The van der Waals surface area contributed by atoms with Crippen molar-refractivity contribution in [1.82, 2.24) is 4.72 Å². The van der Waals surface area contributed by atoms with E-state index in [1.54, 1.807) is 23.1 Å². The Kier molecular flexibility index (Phi) is 7.05. The molecule has 8 heteroatoms. The second-order valence-electron chi connectivity index (χ2n) is 8.96. The first-order valence-corrected chi connectivity index (χ1v) is 13.0. The van der Waals surface area contributed by atoms with Crippen LogP contribution in [0.5, 0.6) is 0 Å². The van der Waals surface area contributed by atoms with Crippen LogP contribution in [0.15, 0.2) is 77.7 Å². The molecule has 2 N–H and O–H groups in total. The average Bonchev–Trinajstić information content (AvgIpc) is 3.14. The maximum absolute atomic E-state index is 13.4. The minimum atomic E-state index is -4.02. The van der Waals surface area contributed by atoms with Crippen LogP contribution in [0, 0.1) is 6.92 Å². The lowest BCUT2D eigenvalue weighted by Crippen LogP contribution is -2.45. The van der Waals surface area contributed by atoms with Gasteiger partial charge in [0, 0.05) is 24.3 Å². The molecule has 0 saturated heterocycles. The van der Waals surface area contributed by atoms with Crippen LogP contribution in [-0.2, 0) is 32.5 Å².